The zero-order valence-corrected chi connectivity index (χ0v) is 26.9. The number of rotatable bonds is 8. The highest BCUT2D eigenvalue weighted by atomic mass is 79.9. The van der Waals surface area contributed by atoms with Crippen LogP contribution in [0.2, 0.25) is 0 Å². The fourth-order valence-electron chi connectivity index (χ4n) is 3.93. The molecule has 0 aliphatic carbocycles. The lowest BCUT2D eigenvalue weighted by Gasteiger charge is -2.23. The van der Waals surface area contributed by atoms with Gasteiger partial charge in [0, 0.05) is 37.7 Å². The van der Waals surface area contributed by atoms with E-state index in [2.05, 4.69) is 89.6 Å². The Labute approximate surface area is 251 Å². The van der Waals surface area contributed by atoms with Crippen LogP contribution >= 0.6 is 0 Å². The van der Waals surface area contributed by atoms with Gasteiger partial charge in [-0.25, -0.2) is 0 Å². The molecule has 0 radical (unpaired) electrons. The molecule has 8 heteroatoms. The maximum atomic E-state index is 4.88. The Morgan fingerprint density at radius 2 is 0.947 bits per heavy atom. The first-order valence-electron chi connectivity index (χ1n) is 12.9. The van der Waals surface area contributed by atoms with E-state index >= 15 is 0 Å². The first-order valence-corrected chi connectivity index (χ1v) is 12.9. The van der Waals surface area contributed by atoms with Crippen LogP contribution in [0.5, 0.6) is 0 Å². The van der Waals surface area contributed by atoms with Crippen LogP contribution in [0.4, 0.5) is 22.7 Å². The molecule has 1 heterocycles. The van der Waals surface area contributed by atoms with Crippen LogP contribution in [0.3, 0.4) is 0 Å². The molecule has 0 saturated heterocycles. The molecule has 208 valence electrons. The van der Waals surface area contributed by atoms with Crippen molar-refractivity contribution in [3.8, 4) is 0 Å². The summed E-state index contributed by atoms with van der Waals surface area (Å²) in [5.74, 6) is 0. The molecule has 2 N–H and O–H groups in total. The van der Waals surface area contributed by atoms with Crippen molar-refractivity contribution in [2.75, 3.05) is 66.0 Å². The summed E-state index contributed by atoms with van der Waals surface area (Å²) in [6.07, 6.45) is 12.2. The standard InChI is InChI=1S/C30H44N6.2BrH/c1-35(2,3)19-11-13-25-21-31-27-15-7-9-17-29(27)33-23-26(14-12-20-36(4,5)6)24-34-30-18-10-8-16-28(30)32-22-25;;/h7-10,15-18,21-24,31,34H,11-14,19-20H2,1-6H3;2*1H/q+2;;/p-2/b25-21+,26-24+,32-22?,33-23?;;. The van der Waals surface area contributed by atoms with E-state index in [1.54, 1.807) is 0 Å². The molecule has 2 aromatic rings. The van der Waals surface area contributed by atoms with Gasteiger partial charge in [0.15, 0.2) is 0 Å². The van der Waals surface area contributed by atoms with Crippen molar-refractivity contribution in [3.05, 3.63) is 72.1 Å². The third-order valence-corrected chi connectivity index (χ3v) is 5.96. The quantitative estimate of drug-likeness (QED) is 0.407. The van der Waals surface area contributed by atoms with E-state index in [-0.39, 0.29) is 34.0 Å². The van der Waals surface area contributed by atoms with Crippen LogP contribution in [0.15, 0.2) is 82.1 Å². The van der Waals surface area contributed by atoms with Crippen molar-refractivity contribution in [2.45, 2.75) is 25.7 Å². The number of anilines is 2. The minimum Gasteiger partial charge on any atom is -1.00 e. The van der Waals surface area contributed by atoms with Gasteiger partial charge in [0.1, 0.15) is 0 Å². The maximum Gasteiger partial charge on any atom is 0.0864 e. The van der Waals surface area contributed by atoms with Gasteiger partial charge in [0.05, 0.1) is 78.1 Å². The third kappa shape index (κ3) is 12.5. The Morgan fingerprint density at radius 3 is 1.32 bits per heavy atom. The molecule has 0 amide bonds. The second-order valence-corrected chi connectivity index (χ2v) is 11.5. The summed E-state index contributed by atoms with van der Waals surface area (Å²) in [5, 5.41) is 7.01. The minimum absolute atomic E-state index is 0. The van der Waals surface area contributed by atoms with Crippen molar-refractivity contribution in [3.63, 3.8) is 0 Å². The number of para-hydroxylation sites is 4. The Bertz CT molecular complexity index is 1030. The first kappa shape index (κ1) is 33.8. The SMILES string of the molecule is C[N+](C)(C)CCC/C1=C\Nc2ccccc2N=C/C(CCC[N+](C)(C)C)=C/Nc2ccccc2N=C1.[Br-].[Br-]. The second-order valence-electron chi connectivity index (χ2n) is 11.5. The third-order valence-electron chi connectivity index (χ3n) is 5.96. The second kappa shape index (κ2) is 16.0. The molecule has 0 spiro atoms. The van der Waals surface area contributed by atoms with Crippen molar-refractivity contribution in [2.24, 2.45) is 9.98 Å². The number of fused-ring (bicyclic) bond motifs is 2. The van der Waals surface area contributed by atoms with Crippen LogP contribution in [-0.4, -0.2) is 76.8 Å². The van der Waals surface area contributed by atoms with Gasteiger partial charge in [-0.3, -0.25) is 9.98 Å². The van der Waals surface area contributed by atoms with E-state index in [1.165, 1.54) is 0 Å². The topological polar surface area (TPSA) is 48.8 Å². The number of quaternary nitrogens is 2. The zero-order chi connectivity index (χ0) is 26.0. The highest BCUT2D eigenvalue weighted by Gasteiger charge is 2.09. The molecule has 0 saturated carbocycles. The van der Waals surface area contributed by atoms with Gasteiger partial charge >= 0.3 is 0 Å². The normalized spacial score (nSPS) is 16.5. The Kier molecular flexibility index (Phi) is 14.2. The molecule has 6 nitrogen and oxygen atoms in total. The molecular formula is C30H44Br2N6. The number of aliphatic imine (C=N–C) groups is 2. The first-order chi connectivity index (χ1) is 17.1. The largest absolute Gasteiger partial charge is 1.00 e. The van der Waals surface area contributed by atoms with Gasteiger partial charge in [-0.05, 0) is 48.3 Å². The predicted molar refractivity (Wildman–Crippen MR) is 157 cm³/mol. The minimum atomic E-state index is 0. The number of benzene rings is 2. The highest BCUT2D eigenvalue weighted by Crippen LogP contribution is 2.27. The summed E-state index contributed by atoms with van der Waals surface area (Å²) in [7, 11) is 13.4. The Hall–Kier alpha value is -2.26. The van der Waals surface area contributed by atoms with Crippen molar-refractivity contribution >= 4 is 35.2 Å². The number of nitrogens with zero attached hydrogens (tertiary/aromatic N) is 4. The van der Waals surface area contributed by atoms with Crippen LogP contribution in [0, 0.1) is 0 Å². The van der Waals surface area contributed by atoms with Crippen molar-refractivity contribution < 1.29 is 42.9 Å². The number of hydrogen-bond acceptors (Lipinski definition) is 4. The molecule has 3 rings (SSSR count). The molecule has 1 aliphatic rings. The summed E-state index contributed by atoms with van der Waals surface area (Å²) in [6.45, 7) is 2.21. The van der Waals surface area contributed by atoms with Crippen LogP contribution < -0.4 is 44.6 Å². The fraction of sp³-hybridized carbons (Fsp3) is 0.400. The summed E-state index contributed by atoms with van der Waals surface area (Å²) < 4.78 is 1.90. The molecule has 0 aromatic heterocycles. The molecule has 0 unspecified atom stereocenters. The molecule has 1 aliphatic heterocycles. The van der Waals surface area contributed by atoms with Gasteiger partial charge in [-0.2, -0.15) is 0 Å². The van der Waals surface area contributed by atoms with E-state index < -0.39 is 0 Å². The van der Waals surface area contributed by atoms with Gasteiger partial charge in [-0.15, -0.1) is 0 Å². The van der Waals surface area contributed by atoms with E-state index in [0.717, 1.165) is 81.6 Å². The van der Waals surface area contributed by atoms with Crippen molar-refractivity contribution in [1.29, 1.82) is 0 Å². The lowest BCUT2D eigenvalue weighted by molar-refractivity contribution is -0.870. The number of nitrogens with one attached hydrogen (secondary N) is 2. The van der Waals surface area contributed by atoms with Crippen molar-refractivity contribution in [1.82, 2.24) is 0 Å². The lowest BCUT2D eigenvalue weighted by atomic mass is 10.1. The molecule has 0 fully saturated rings. The van der Waals surface area contributed by atoms with Gasteiger partial charge in [0.2, 0.25) is 0 Å². The van der Waals surface area contributed by atoms with Crippen LogP contribution in [0.1, 0.15) is 25.7 Å². The Balaban J connectivity index is 0.00000361. The van der Waals surface area contributed by atoms with Gasteiger partial charge < -0.3 is 53.6 Å². The van der Waals surface area contributed by atoms with Gasteiger partial charge in [-0.1, -0.05) is 24.3 Å². The predicted octanol–water partition coefficient (Wildman–Crippen LogP) is 0.377. The number of allylic oxidation sites excluding steroid dienone is 2. The van der Waals surface area contributed by atoms with Gasteiger partial charge in [0.25, 0.3) is 0 Å². The average molecular weight is 649 g/mol. The lowest BCUT2D eigenvalue weighted by Crippen LogP contribution is -3.00. The van der Waals surface area contributed by atoms with E-state index in [0.29, 0.717) is 0 Å². The van der Waals surface area contributed by atoms with Crippen LogP contribution in [0.25, 0.3) is 0 Å². The molecular weight excluding hydrogens is 604 g/mol. The molecule has 38 heavy (non-hydrogen) atoms. The summed E-state index contributed by atoms with van der Waals surface area (Å²) in [5.41, 5.74) is 6.14. The number of hydrogen-bond donors (Lipinski definition) is 2. The van der Waals surface area contributed by atoms with E-state index in [4.69, 9.17) is 9.98 Å². The Morgan fingerprint density at radius 1 is 0.579 bits per heavy atom. The van der Waals surface area contributed by atoms with E-state index in [9.17, 15) is 0 Å². The fourth-order valence-corrected chi connectivity index (χ4v) is 3.93. The smallest absolute Gasteiger partial charge is 0.0864 e. The summed E-state index contributed by atoms with van der Waals surface area (Å²) in [4.78, 5) is 9.76. The van der Waals surface area contributed by atoms with Crippen LogP contribution in [-0.2, 0) is 0 Å². The molecule has 0 atom stereocenters. The average Bonchev–Trinajstić information content (AvgIpc) is 2.81. The summed E-state index contributed by atoms with van der Waals surface area (Å²) in [6, 6.07) is 16.4. The monoisotopic (exact) mass is 646 g/mol. The zero-order valence-electron chi connectivity index (χ0n) is 23.7. The molecule has 0 bridgehead atoms. The highest BCUT2D eigenvalue weighted by molar-refractivity contribution is 5.87. The summed E-state index contributed by atoms with van der Waals surface area (Å²) >= 11 is 0. The van der Waals surface area contributed by atoms with E-state index in [1.807, 2.05) is 36.7 Å². The maximum absolute atomic E-state index is 4.88. The molecule has 2 aromatic carbocycles. The number of halogens is 2.